The summed E-state index contributed by atoms with van der Waals surface area (Å²) in [4.78, 5) is 23.5. The minimum atomic E-state index is -0.389. The summed E-state index contributed by atoms with van der Waals surface area (Å²) >= 11 is 6.07. The van der Waals surface area contributed by atoms with E-state index >= 15 is 0 Å². The summed E-state index contributed by atoms with van der Waals surface area (Å²) in [6.07, 6.45) is 0.632. The zero-order chi connectivity index (χ0) is 17.4. The molecule has 0 aliphatic carbocycles. The monoisotopic (exact) mass is 341 g/mol. The maximum absolute atomic E-state index is 12.0. The van der Waals surface area contributed by atoms with Crippen LogP contribution in [0.3, 0.4) is 0 Å². The van der Waals surface area contributed by atoms with Gasteiger partial charge in [-0.05, 0) is 36.2 Å². The Morgan fingerprint density at radius 2 is 1.67 bits per heavy atom. The lowest BCUT2D eigenvalue weighted by Crippen LogP contribution is -2.13. The molecule has 2 aromatic carbocycles. The molecule has 0 heterocycles. The topological polar surface area (TPSA) is 82.0 Å². The average molecular weight is 342 g/mol. The number of hydrogen-bond donors (Lipinski definition) is 2. The van der Waals surface area contributed by atoms with E-state index in [1.54, 1.807) is 36.4 Å². The summed E-state index contributed by atoms with van der Waals surface area (Å²) in [7, 11) is 0. The number of nitrogens with zero attached hydrogens (tertiary/aromatic N) is 1. The van der Waals surface area contributed by atoms with Gasteiger partial charge in [0.05, 0.1) is 6.07 Å². The first-order valence-corrected chi connectivity index (χ1v) is 7.76. The fourth-order valence-corrected chi connectivity index (χ4v) is 2.35. The van der Waals surface area contributed by atoms with Gasteiger partial charge >= 0.3 is 0 Å². The van der Waals surface area contributed by atoms with Crippen LogP contribution in [0.15, 0.2) is 48.5 Å². The van der Waals surface area contributed by atoms with Crippen molar-refractivity contribution >= 4 is 34.8 Å². The number of nitriles is 1. The van der Waals surface area contributed by atoms with Crippen LogP contribution in [0.1, 0.15) is 18.4 Å². The van der Waals surface area contributed by atoms with Crippen LogP contribution < -0.4 is 10.6 Å². The normalized spacial score (nSPS) is 9.83. The zero-order valence-corrected chi connectivity index (χ0v) is 13.6. The van der Waals surface area contributed by atoms with E-state index in [0.29, 0.717) is 29.2 Å². The van der Waals surface area contributed by atoms with Crippen LogP contribution in [-0.4, -0.2) is 11.8 Å². The molecule has 2 rings (SSSR count). The summed E-state index contributed by atoms with van der Waals surface area (Å²) in [5.74, 6) is -0.532. The van der Waals surface area contributed by atoms with E-state index in [1.165, 1.54) is 0 Å². The van der Waals surface area contributed by atoms with E-state index in [1.807, 2.05) is 18.2 Å². The lowest BCUT2D eigenvalue weighted by Gasteiger charge is -2.08. The van der Waals surface area contributed by atoms with Crippen LogP contribution in [0, 0.1) is 11.3 Å². The SMILES string of the molecule is N#CCC(=O)Nc1cccc(NC(=O)CCc2ccccc2Cl)c1. The summed E-state index contributed by atoms with van der Waals surface area (Å²) in [6, 6.07) is 16.0. The fourth-order valence-electron chi connectivity index (χ4n) is 2.12. The second kappa shape index (κ2) is 8.70. The third kappa shape index (κ3) is 5.41. The number of carbonyl (C=O) groups excluding carboxylic acids is 2. The lowest BCUT2D eigenvalue weighted by atomic mass is 10.1. The van der Waals surface area contributed by atoms with E-state index in [-0.39, 0.29) is 18.2 Å². The molecule has 122 valence electrons. The minimum Gasteiger partial charge on any atom is -0.326 e. The summed E-state index contributed by atoms with van der Waals surface area (Å²) in [5.41, 5.74) is 2.03. The Hall–Kier alpha value is -2.84. The van der Waals surface area contributed by atoms with Crippen LogP contribution in [-0.2, 0) is 16.0 Å². The largest absolute Gasteiger partial charge is 0.326 e. The molecular weight excluding hydrogens is 326 g/mol. The Morgan fingerprint density at radius 3 is 2.33 bits per heavy atom. The predicted molar refractivity (Wildman–Crippen MR) is 93.7 cm³/mol. The molecule has 0 radical (unpaired) electrons. The lowest BCUT2D eigenvalue weighted by molar-refractivity contribution is -0.116. The fraction of sp³-hybridized carbons (Fsp3) is 0.167. The minimum absolute atomic E-state index is 0.143. The van der Waals surface area contributed by atoms with Crippen molar-refractivity contribution in [1.29, 1.82) is 5.26 Å². The molecule has 5 nitrogen and oxygen atoms in total. The van der Waals surface area contributed by atoms with Crippen molar-refractivity contribution in [1.82, 2.24) is 0 Å². The molecule has 2 amide bonds. The number of amides is 2. The first-order chi connectivity index (χ1) is 11.6. The Kier molecular flexibility index (Phi) is 6.35. The first kappa shape index (κ1) is 17.5. The van der Waals surface area contributed by atoms with Gasteiger partial charge in [0, 0.05) is 22.8 Å². The Labute approximate surface area is 145 Å². The molecule has 0 aliphatic rings. The second-order valence-corrected chi connectivity index (χ2v) is 5.51. The number of hydrogen-bond acceptors (Lipinski definition) is 3. The van der Waals surface area contributed by atoms with Gasteiger partial charge in [-0.1, -0.05) is 35.9 Å². The van der Waals surface area contributed by atoms with Gasteiger partial charge in [0.15, 0.2) is 0 Å². The van der Waals surface area contributed by atoms with Gasteiger partial charge in [0.25, 0.3) is 0 Å². The molecule has 0 atom stereocenters. The number of halogens is 1. The van der Waals surface area contributed by atoms with Gasteiger partial charge in [-0.3, -0.25) is 9.59 Å². The maximum atomic E-state index is 12.0. The number of benzene rings is 2. The molecular formula is C18H16ClN3O2. The smallest absolute Gasteiger partial charge is 0.238 e. The molecule has 0 aromatic heterocycles. The summed E-state index contributed by atoms with van der Waals surface area (Å²) in [6.45, 7) is 0. The molecule has 0 spiro atoms. The number of anilines is 2. The Bertz CT molecular complexity index is 784. The van der Waals surface area contributed by atoms with Crippen molar-refractivity contribution in [2.75, 3.05) is 10.6 Å². The molecule has 0 saturated carbocycles. The van der Waals surface area contributed by atoms with Crippen molar-refractivity contribution in [2.24, 2.45) is 0 Å². The third-order valence-corrected chi connectivity index (χ3v) is 3.62. The molecule has 0 aliphatic heterocycles. The summed E-state index contributed by atoms with van der Waals surface area (Å²) in [5, 5.41) is 14.5. The second-order valence-electron chi connectivity index (χ2n) is 5.10. The molecule has 0 saturated heterocycles. The average Bonchev–Trinajstić information content (AvgIpc) is 2.54. The first-order valence-electron chi connectivity index (χ1n) is 7.38. The van der Waals surface area contributed by atoms with Gasteiger partial charge in [0.2, 0.25) is 11.8 Å². The van der Waals surface area contributed by atoms with Crippen molar-refractivity contribution < 1.29 is 9.59 Å². The van der Waals surface area contributed by atoms with Crippen molar-refractivity contribution in [3.8, 4) is 6.07 Å². The quantitative estimate of drug-likeness (QED) is 0.839. The highest BCUT2D eigenvalue weighted by molar-refractivity contribution is 6.31. The maximum Gasteiger partial charge on any atom is 0.238 e. The van der Waals surface area contributed by atoms with Crippen LogP contribution in [0.2, 0.25) is 5.02 Å². The van der Waals surface area contributed by atoms with E-state index < -0.39 is 0 Å². The Balaban J connectivity index is 1.91. The summed E-state index contributed by atoms with van der Waals surface area (Å²) < 4.78 is 0. The highest BCUT2D eigenvalue weighted by Crippen LogP contribution is 2.18. The van der Waals surface area contributed by atoms with Gasteiger partial charge < -0.3 is 10.6 Å². The van der Waals surface area contributed by atoms with Crippen molar-refractivity contribution in [2.45, 2.75) is 19.3 Å². The molecule has 2 aromatic rings. The Morgan fingerprint density at radius 1 is 1.00 bits per heavy atom. The van der Waals surface area contributed by atoms with Crippen LogP contribution in [0.25, 0.3) is 0 Å². The number of carbonyl (C=O) groups is 2. The molecule has 0 fully saturated rings. The van der Waals surface area contributed by atoms with Crippen molar-refractivity contribution in [3.05, 3.63) is 59.1 Å². The van der Waals surface area contributed by atoms with Gasteiger partial charge in [-0.15, -0.1) is 0 Å². The predicted octanol–water partition coefficient (Wildman–Crippen LogP) is 3.76. The zero-order valence-electron chi connectivity index (χ0n) is 12.9. The van der Waals surface area contributed by atoms with Crippen LogP contribution in [0.4, 0.5) is 11.4 Å². The van der Waals surface area contributed by atoms with Crippen molar-refractivity contribution in [3.63, 3.8) is 0 Å². The molecule has 0 unspecified atom stereocenters. The highest BCUT2D eigenvalue weighted by Gasteiger charge is 2.07. The third-order valence-electron chi connectivity index (χ3n) is 3.25. The van der Waals surface area contributed by atoms with E-state index in [0.717, 1.165) is 5.56 Å². The number of aryl methyl sites for hydroxylation is 1. The molecule has 6 heteroatoms. The molecule has 0 bridgehead atoms. The van der Waals surface area contributed by atoms with E-state index in [9.17, 15) is 9.59 Å². The van der Waals surface area contributed by atoms with Crippen LogP contribution >= 0.6 is 11.6 Å². The number of nitrogens with one attached hydrogen (secondary N) is 2. The standard InChI is InChI=1S/C18H16ClN3O2/c19-16-7-2-1-4-13(16)8-9-17(23)21-14-5-3-6-15(12-14)22-18(24)10-11-20/h1-7,12H,8-10H2,(H,21,23)(H,22,24). The van der Waals surface area contributed by atoms with Crippen LogP contribution in [0.5, 0.6) is 0 Å². The van der Waals surface area contributed by atoms with Gasteiger partial charge in [-0.25, -0.2) is 0 Å². The van der Waals surface area contributed by atoms with Gasteiger partial charge in [0.1, 0.15) is 6.42 Å². The van der Waals surface area contributed by atoms with Gasteiger partial charge in [-0.2, -0.15) is 5.26 Å². The molecule has 2 N–H and O–H groups in total. The molecule has 24 heavy (non-hydrogen) atoms. The highest BCUT2D eigenvalue weighted by atomic mass is 35.5. The number of rotatable bonds is 6. The van der Waals surface area contributed by atoms with E-state index in [4.69, 9.17) is 16.9 Å². The van der Waals surface area contributed by atoms with E-state index in [2.05, 4.69) is 10.6 Å².